The third-order valence-corrected chi connectivity index (χ3v) is 5.71. The van der Waals surface area contributed by atoms with Gasteiger partial charge in [-0.05, 0) is 54.6 Å². The van der Waals surface area contributed by atoms with Gasteiger partial charge in [0.15, 0.2) is 17.2 Å². The van der Waals surface area contributed by atoms with E-state index in [1.54, 1.807) is 18.2 Å². The normalized spacial score (nSPS) is 11.5. The molecule has 3 aromatic carbocycles. The molecule has 33 heavy (non-hydrogen) atoms. The molecule has 0 atom stereocenters. The molecule has 0 fully saturated rings. The molecule has 1 amide bonds. The van der Waals surface area contributed by atoms with Crippen molar-refractivity contribution in [2.24, 2.45) is 0 Å². The largest absolute Gasteiger partial charge is 0.493 e. The van der Waals surface area contributed by atoms with Crippen LogP contribution in [0.2, 0.25) is 0 Å². The Morgan fingerprint density at radius 3 is 2.12 bits per heavy atom. The van der Waals surface area contributed by atoms with Gasteiger partial charge in [-0.3, -0.25) is 9.52 Å². The van der Waals surface area contributed by atoms with Crippen molar-refractivity contribution >= 4 is 27.3 Å². The molecule has 174 valence electrons. The molecule has 0 spiro atoms. The van der Waals surface area contributed by atoms with Crippen molar-refractivity contribution in [2.45, 2.75) is 18.0 Å². The number of alkyl halides is 3. The average molecular weight is 480 g/mol. The Labute approximate surface area is 188 Å². The molecular formula is C22H19F3N2O5S. The average Bonchev–Trinajstić information content (AvgIpc) is 2.74. The minimum Gasteiger partial charge on any atom is -0.493 e. The fourth-order valence-electron chi connectivity index (χ4n) is 2.82. The molecule has 0 aliphatic heterocycles. The summed E-state index contributed by atoms with van der Waals surface area (Å²) in [4.78, 5) is 10.9. The Morgan fingerprint density at radius 2 is 1.55 bits per heavy atom. The van der Waals surface area contributed by atoms with Gasteiger partial charge < -0.3 is 14.8 Å². The van der Waals surface area contributed by atoms with Gasteiger partial charge in [-0.2, -0.15) is 13.2 Å². The zero-order valence-electron chi connectivity index (χ0n) is 17.4. The van der Waals surface area contributed by atoms with Crippen LogP contribution in [0.15, 0.2) is 71.6 Å². The number of rotatable bonds is 7. The Bertz CT molecular complexity index is 1260. The van der Waals surface area contributed by atoms with Crippen molar-refractivity contribution in [3.8, 4) is 17.2 Å². The summed E-state index contributed by atoms with van der Waals surface area (Å²) < 4.78 is 78.6. The van der Waals surface area contributed by atoms with Gasteiger partial charge in [0.1, 0.15) is 0 Å². The van der Waals surface area contributed by atoms with Crippen LogP contribution in [0.3, 0.4) is 0 Å². The first-order chi connectivity index (χ1) is 15.5. The molecule has 0 saturated heterocycles. The second-order valence-corrected chi connectivity index (χ2v) is 8.46. The zero-order chi connectivity index (χ0) is 24.2. The van der Waals surface area contributed by atoms with Gasteiger partial charge in [-0.1, -0.05) is 12.1 Å². The predicted octanol–water partition coefficient (Wildman–Crippen LogP) is 5.27. The SMILES string of the molecule is COc1ccccc1Oc1ccc(C(F)(F)F)cc1NS(=O)(=O)c1ccc(NC(C)=O)cc1. The van der Waals surface area contributed by atoms with E-state index in [-0.39, 0.29) is 22.3 Å². The lowest BCUT2D eigenvalue weighted by Crippen LogP contribution is -2.15. The van der Waals surface area contributed by atoms with Crippen LogP contribution in [-0.4, -0.2) is 21.4 Å². The second kappa shape index (κ2) is 9.41. The number of methoxy groups -OCH3 is 1. The maximum absolute atomic E-state index is 13.3. The van der Waals surface area contributed by atoms with E-state index < -0.39 is 27.5 Å². The highest BCUT2D eigenvalue weighted by Crippen LogP contribution is 2.39. The van der Waals surface area contributed by atoms with E-state index >= 15 is 0 Å². The number of ether oxygens (including phenoxy) is 2. The number of para-hydroxylation sites is 2. The number of benzene rings is 3. The minimum absolute atomic E-state index is 0.161. The van der Waals surface area contributed by atoms with Crippen molar-refractivity contribution in [3.63, 3.8) is 0 Å². The van der Waals surface area contributed by atoms with Gasteiger partial charge in [0, 0.05) is 12.6 Å². The van der Waals surface area contributed by atoms with E-state index in [0.717, 1.165) is 12.1 Å². The van der Waals surface area contributed by atoms with Crippen LogP contribution in [0.5, 0.6) is 17.2 Å². The molecule has 0 aliphatic carbocycles. The van der Waals surface area contributed by atoms with E-state index in [1.807, 2.05) is 0 Å². The molecular weight excluding hydrogens is 461 g/mol. The molecule has 3 aromatic rings. The fourth-order valence-corrected chi connectivity index (χ4v) is 3.88. The van der Waals surface area contributed by atoms with E-state index in [4.69, 9.17) is 9.47 Å². The van der Waals surface area contributed by atoms with Gasteiger partial charge in [0.25, 0.3) is 10.0 Å². The summed E-state index contributed by atoms with van der Waals surface area (Å²) in [7, 11) is -2.90. The van der Waals surface area contributed by atoms with Crippen LogP contribution >= 0.6 is 0 Å². The van der Waals surface area contributed by atoms with E-state index in [9.17, 15) is 26.4 Å². The van der Waals surface area contributed by atoms with E-state index in [1.165, 1.54) is 44.4 Å². The standard InChI is InChI=1S/C22H19F3N2O5S/c1-14(28)26-16-8-10-17(11-9-16)33(29,30)27-18-13-15(22(23,24)25)7-12-19(18)32-21-6-4-3-5-20(21)31-2/h3-13,27H,1-2H3,(H,26,28). The molecule has 0 unspecified atom stereocenters. The van der Waals surface area contributed by atoms with Gasteiger partial charge >= 0.3 is 6.18 Å². The van der Waals surface area contributed by atoms with Crippen LogP contribution in [0.1, 0.15) is 12.5 Å². The number of hydrogen-bond acceptors (Lipinski definition) is 5. The summed E-state index contributed by atoms with van der Waals surface area (Å²) >= 11 is 0. The topological polar surface area (TPSA) is 93.7 Å². The van der Waals surface area contributed by atoms with Crippen LogP contribution in [0.4, 0.5) is 24.5 Å². The summed E-state index contributed by atoms with van der Waals surface area (Å²) in [6.07, 6.45) is -4.71. The summed E-state index contributed by atoms with van der Waals surface area (Å²) in [5.74, 6) is -0.0172. The number of sulfonamides is 1. The molecule has 0 aromatic heterocycles. The quantitative estimate of drug-likeness (QED) is 0.481. The van der Waals surface area contributed by atoms with Crippen molar-refractivity contribution in [1.82, 2.24) is 0 Å². The molecule has 0 bridgehead atoms. The van der Waals surface area contributed by atoms with Crippen molar-refractivity contribution in [3.05, 3.63) is 72.3 Å². The summed E-state index contributed by atoms with van der Waals surface area (Å²) in [5.41, 5.74) is -1.11. The molecule has 0 aliphatic rings. The van der Waals surface area contributed by atoms with E-state index in [0.29, 0.717) is 17.5 Å². The Morgan fingerprint density at radius 1 is 0.909 bits per heavy atom. The minimum atomic E-state index is -4.71. The Kier molecular flexibility index (Phi) is 6.82. The number of amides is 1. The smallest absolute Gasteiger partial charge is 0.416 e. The number of carbonyl (C=O) groups excluding carboxylic acids is 1. The van der Waals surface area contributed by atoms with Gasteiger partial charge in [-0.15, -0.1) is 0 Å². The van der Waals surface area contributed by atoms with Crippen molar-refractivity contribution in [1.29, 1.82) is 0 Å². The molecule has 2 N–H and O–H groups in total. The third-order valence-electron chi connectivity index (χ3n) is 4.33. The summed E-state index contributed by atoms with van der Waals surface area (Å²) in [6.45, 7) is 1.29. The maximum Gasteiger partial charge on any atom is 0.416 e. The highest BCUT2D eigenvalue weighted by molar-refractivity contribution is 7.92. The number of anilines is 2. The number of halogens is 3. The number of carbonyl (C=O) groups is 1. The van der Waals surface area contributed by atoms with Gasteiger partial charge in [0.2, 0.25) is 5.91 Å². The fraction of sp³-hybridized carbons (Fsp3) is 0.136. The van der Waals surface area contributed by atoms with Crippen LogP contribution < -0.4 is 19.5 Å². The first-order valence-electron chi connectivity index (χ1n) is 9.42. The predicted molar refractivity (Wildman–Crippen MR) is 116 cm³/mol. The lowest BCUT2D eigenvalue weighted by molar-refractivity contribution is -0.137. The number of nitrogens with one attached hydrogen (secondary N) is 2. The molecule has 0 heterocycles. The third kappa shape index (κ3) is 5.95. The first kappa shape index (κ1) is 23.9. The zero-order valence-corrected chi connectivity index (χ0v) is 18.3. The van der Waals surface area contributed by atoms with Gasteiger partial charge in [-0.25, -0.2) is 8.42 Å². The number of hydrogen-bond donors (Lipinski definition) is 2. The second-order valence-electron chi connectivity index (χ2n) is 6.77. The molecule has 7 nitrogen and oxygen atoms in total. The lowest BCUT2D eigenvalue weighted by Gasteiger charge is -2.17. The Balaban J connectivity index is 1.99. The highest BCUT2D eigenvalue weighted by Gasteiger charge is 2.32. The van der Waals surface area contributed by atoms with Crippen LogP contribution in [0.25, 0.3) is 0 Å². The van der Waals surface area contributed by atoms with Crippen LogP contribution in [-0.2, 0) is 21.0 Å². The molecule has 0 radical (unpaired) electrons. The maximum atomic E-state index is 13.3. The summed E-state index contributed by atoms with van der Waals surface area (Å²) in [5, 5.41) is 2.49. The highest BCUT2D eigenvalue weighted by atomic mass is 32.2. The Hall–Kier alpha value is -3.73. The molecule has 11 heteroatoms. The monoisotopic (exact) mass is 480 g/mol. The van der Waals surface area contributed by atoms with E-state index in [2.05, 4.69) is 10.0 Å². The van der Waals surface area contributed by atoms with Crippen LogP contribution in [0, 0.1) is 0 Å². The van der Waals surface area contributed by atoms with Crippen molar-refractivity contribution in [2.75, 3.05) is 17.1 Å². The summed E-state index contributed by atoms with van der Waals surface area (Å²) in [6, 6.07) is 14.0. The molecule has 3 rings (SSSR count). The van der Waals surface area contributed by atoms with Gasteiger partial charge in [0.05, 0.1) is 23.3 Å². The first-order valence-corrected chi connectivity index (χ1v) is 10.9. The molecule has 0 saturated carbocycles. The lowest BCUT2D eigenvalue weighted by atomic mass is 10.2. The van der Waals surface area contributed by atoms with Crippen molar-refractivity contribution < 1.29 is 35.9 Å².